The summed E-state index contributed by atoms with van der Waals surface area (Å²) in [5, 5.41) is 12.0. The van der Waals surface area contributed by atoms with Crippen molar-refractivity contribution < 1.29 is 23.8 Å². The molecular formula is C18H22FNO4. The van der Waals surface area contributed by atoms with Crippen molar-refractivity contribution in [2.75, 3.05) is 6.67 Å². The van der Waals surface area contributed by atoms with Gasteiger partial charge >= 0.3 is 12.1 Å². The Balaban J connectivity index is 1.51. The second-order valence-electron chi connectivity index (χ2n) is 7.16. The van der Waals surface area contributed by atoms with Crippen LogP contribution in [0.3, 0.4) is 0 Å². The van der Waals surface area contributed by atoms with E-state index in [1.807, 2.05) is 30.3 Å². The van der Waals surface area contributed by atoms with Gasteiger partial charge in [-0.15, -0.1) is 0 Å². The smallest absolute Gasteiger partial charge is 0.408 e. The van der Waals surface area contributed by atoms with E-state index < -0.39 is 18.1 Å². The zero-order valence-electron chi connectivity index (χ0n) is 13.5. The molecule has 0 aliphatic heterocycles. The van der Waals surface area contributed by atoms with E-state index >= 15 is 0 Å². The van der Waals surface area contributed by atoms with Gasteiger partial charge < -0.3 is 15.2 Å². The Kier molecular flexibility index (Phi) is 4.47. The van der Waals surface area contributed by atoms with Gasteiger partial charge in [0.15, 0.2) is 0 Å². The van der Waals surface area contributed by atoms with Crippen molar-refractivity contribution in [3.8, 4) is 0 Å². The molecule has 1 aromatic rings. The first-order valence-electron chi connectivity index (χ1n) is 8.25. The van der Waals surface area contributed by atoms with Crippen LogP contribution in [-0.2, 0) is 16.1 Å². The van der Waals surface area contributed by atoms with Crippen LogP contribution in [0.5, 0.6) is 0 Å². The van der Waals surface area contributed by atoms with Crippen molar-refractivity contribution in [1.82, 2.24) is 5.32 Å². The number of ether oxygens (including phenoxy) is 1. The molecule has 5 nitrogen and oxygen atoms in total. The third-order valence-electron chi connectivity index (χ3n) is 5.36. The SMILES string of the molecule is O=C(NC(C(=O)O)C12CC(CCCF)(C1)C2)OCc1ccccc1. The molecular weight excluding hydrogens is 313 g/mol. The van der Waals surface area contributed by atoms with E-state index in [-0.39, 0.29) is 24.1 Å². The summed E-state index contributed by atoms with van der Waals surface area (Å²) in [6.45, 7) is -0.229. The summed E-state index contributed by atoms with van der Waals surface area (Å²) in [4.78, 5) is 23.5. The van der Waals surface area contributed by atoms with E-state index in [1.54, 1.807) is 0 Å². The Morgan fingerprint density at radius 2 is 1.92 bits per heavy atom. The predicted octanol–water partition coefficient (Wildman–Crippen LogP) is 3.29. The molecule has 0 radical (unpaired) electrons. The first-order chi connectivity index (χ1) is 11.5. The van der Waals surface area contributed by atoms with Crippen molar-refractivity contribution in [2.45, 2.75) is 44.8 Å². The number of hydrogen-bond donors (Lipinski definition) is 2. The lowest BCUT2D eigenvalue weighted by atomic mass is 9.32. The minimum Gasteiger partial charge on any atom is -0.480 e. The highest BCUT2D eigenvalue weighted by molar-refractivity contribution is 5.81. The molecule has 0 spiro atoms. The Morgan fingerprint density at radius 1 is 1.25 bits per heavy atom. The third kappa shape index (κ3) is 3.09. The third-order valence-corrected chi connectivity index (χ3v) is 5.36. The molecule has 3 aliphatic rings. The maximum absolute atomic E-state index is 12.3. The van der Waals surface area contributed by atoms with Crippen LogP contribution in [0.1, 0.15) is 37.7 Å². The maximum Gasteiger partial charge on any atom is 0.408 e. The number of aliphatic carboxylic acids is 1. The van der Waals surface area contributed by atoms with E-state index in [1.165, 1.54) is 0 Å². The van der Waals surface area contributed by atoms with E-state index in [0.29, 0.717) is 6.42 Å². The van der Waals surface area contributed by atoms with Crippen molar-refractivity contribution in [2.24, 2.45) is 10.8 Å². The Morgan fingerprint density at radius 3 is 2.50 bits per heavy atom. The molecule has 0 saturated heterocycles. The molecule has 130 valence electrons. The van der Waals surface area contributed by atoms with Crippen molar-refractivity contribution in [1.29, 1.82) is 0 Å². The van der Waals surface area contributed by atoms with E-state index in [0.717, 1.165) is 31.2 Å². The molecule has 1 unspecified atom stereocenters. The highest BCUT2D eigenvalue weighted by atomic mass is 19.1. The Hall–Kier alpha value is -2.11. The number of hydrogen-bond acceptors (Lipinski definition) is 3. The summed E-state index contributed by atoms with van der Waals surface area (Å²) in [5.41, 5.74) is 0.568. The molecule has 1 atom stereocenters. The molecule has 2 N–H and O–H groups in total. The van der Waals surface area contributed by atoms with Crippen LogP contribution in [0.4, 0.5) is 9.18 Å². The number of alkyl halides is 1. The van der Waals surface area contributed by atoms with Gasteiger partial charge in [0.05, 0.1) is 6.67 Å². The topological polar surface area (TPSA) is 75.6 Å². The highest BCUT2D eigenvalue weighted by Crippen LogP contribution is 2.76. The van der Waals surface area contributed by atoms with Gasteiger partial charge in [0.25, 0.3) is 0 Å². The number of carbonyl (C=O) groups excluding carboxylic acids is 1. The minimum atomic E-state index is -1.04. The monoisotopic (exact) mass is 335 g/mol. The number of carbonyl (C=O) groups is 2. The van der Waals surface area contributed by atoms with Crippen LogP contribution >= 0.6 is 0 Å². The molecule has 3 aliphatic carbocycles. The first kappa shape index (κ1) is 16.7. The normalized spacial score (nSPS) is 28.2. The molecule has 6 heteroatoms. The summed E-state index contributed by atoms with van der Waals surface area (Å²) in [7, 11) is 0. The summed E-state index contributed by atoms with van der Waals surface area (Å²) < 4.78 is 17.4. The average Bonchev–Trinajstić information content (AvgIpc) is 2.50. The van der Waals surface area contributed by atoms with Crippen LogP contribution < -0.4 is 5.32 Å². The summed E-state index contributed by atoms with van der Waals surface area (Å²) >= 11 is 0. The van der Waals surface area contributed by atoms with Crippen molar-refractivity contribution in [3.63, 3.8) is 0 Å². The molecule has 1 aromatic carbocycles. The van der Waals surface area contributed by atoms with Gasteiger partial charge in [-0.3, -0.25) is 4.39 Å². The predicted molar refractivity (Wildman–Crippen MR) is 85.1 cm³/mol. The van der Waals surface area contributed by atoms with Crippen LogP contribution in [0.2, 0.25) is 0 Å². The van der Waals surface area contributed by atoms with Crippen molar-refractivity contribution in [3.05, 3.63) is 35.9 Å². The van der Waals surface area contributed by atoms with Crippen LogP contribution in [-0.4, -0.2) is 29.9 Å². The van der Waals surface area contributed by atoms with Gasteiger partial charge in [0.1, 0.15) is 12.6 Å². The fourth-order valence-electron chi connectivity index (χ4n) is 4.46. The molecule has 2 bridgehead atoms. The highest BCUT2D eigenvalue weighted by Gasteiger charge is 2.71. The lowest BCUT2D eigenvalue weighted by molar-refractivity contribution is -0.228. The average molecular weight is 335 g/mol. The Bertz CT molecular complexity index is 599. The first-order valence-corrected chi connectivity index (χ1v) is 8.25. The number of rotatable bonds is 8. The van der Waals surface area contributed by atoms with Crippen LogP contribution in [0.15, 0.2) is 30.3 Å². The molecule has 24 heavy (non-hydrogen) atoms. The number of benzene rings is 1. The zero-order chi connectivity index (χ0) is 17.2. The fourth-order valence-corrected chi connectivity index (χ4v) is 4.46. The largest absolute Gasteiger partial charge is 0.480 e. The number of alkyl carbamates (subject to hydrolysis) is 1. The summed E-state index contributed by atoms with van der Waals surface area (Å²) in [6, 6.07) is 8.28. The quantitative estimate of drug-likeness (QED) is 0.764. The molecule has 3 fully saturated rings. The number of amides is 1. The number of nitrogens with one attached hydrogen (secondary N) is 1. The van der Waals surface area contributed by atoms with Gasteiger partial charge in [0.2, 0.25) is 0 Å². The van der Waals surface area contributed by atoms with Crippen LogP contribution in [0, 0.1) is 10.8 Å². The second kappa shape index (κ2) is 6.42. The van der Waals surface area contributed by atoms with E-state index in [2.05, 4.69) is 5.32 Å². The van der Waals surface area contributed by atoms with Gasteiger partial charge in [0, 0.05) is 5.41 Å². The fraction of sp³-hybridized carbons (Fsp3) is 0.556. The Labute approximate surface area is 140 Å². The van der Waals surface area contributed by atoms with Gasteiger partial charge in [-0.05, 0) is 43.1 Å². The van der Waals surface area contributed by atoms with E-state index in [4.69, 9.17) is 4.74 Å². The van der Waals surface area contributed by atoms with E-state index in [9.17, 15) is 19.1 Å². The zero-order valence-corrected chi connectivity index (χ0v) is 13.5. The molecule has 0 heterocycles. The number of halogens is 1. The molecule has 4 rings (SSSR count). The van der Waals surface area contributed by atoms with Gasteiger partial charge in [-0.1, -0.05) is 30.3 Å². The number of carboxylic acid groups (broad SMARTS) is 1. The summed E-state index contributed by atoms with van der Waals surface area (Å²) in [5.74, 6) is -1.04. The van der Waals surface area contributed by atoms with Crippen LogP contribution in [0.25, 0.3) is 0 Å². The number of carboxylic acids is 1. The molecule has 1 amide bonds. The lowest BCUT2D eigenvalue weighted by Gasteiger charge is -2.72. The lowest BCUT2D eigenvalue weighted by Crippen LogP contribution is -2.71. The van der Waals surface area contributed by atoms with Gasteiger partial charge in [-0.25, -0.2) is 9.59 Å². The minimum absolute atomic E-state index is 0.104. The summed E-state index contributed by atoms with van der Waals surface area (Å²) in [6.07, 6.45) is 2.85. The standard InChI is InChI=1S/C18H22FNO4/c19-8-4-7-17-10-18(11-17,12-17)14(15(21)22)20-16(23)24-9-13-5-2-1-3-6-13/h1-3,5-6,14H,4,7-12H2,(H,20,23)(H,21,22). The van der Waals surface area contributed by atoms with Crippen molar-refractivity contribution >= 4 is 12.1 Å². The molecule has 0 aromatic heterocycles. The van der Waals surface area contributed by atoms with Gasteiger partial charge in [-0.2, -0.15) is 0 Å². The molecule has 3 saturated carbocycles. The second-order valence-corrected chi connectivity index (χ2v) is 7.16. The maximum atomic E-state index is 12.3.